The summed E-state index contributed by atoms with van der Waals surface area (Å²) < 4.78 is 38.0. The predicted molar refractivity (Wildman–Crippen MR) is 221 cm³/mol. The Morgan fingerprint density at radius 1 is 0.810 bits per heavy atom. The molecule has 1 spiro atoms. The highest BCUT2D eigenvalue weighted by atomic mass is 32.2. The van der Waals surface area contributed by atoms with E-state index in [-0.39, 0.29) is 41.2 Å². The van der Waals surface area contributed by atoms with Crippen LogP contribution in [0.2, 0.25) is 16.6 Å². The molecule has 306 valence electrons. The van der Waals surface area contributed by atoms with Crippen molar-refractivity contribution in [2.45, 2.75) is 101 Å². The summed E-state index contributed by atoms with van der Waals surface area (Å²) in [6, 6.07) is 20.6. The Hall–Kier alpha value is -5.18. The molecule has 3 fully saturated rings. The SMILES string of the molecule is Cc1ccc(S(=O)(=O)N2C(=O)[C@@H]3[C@H](CN=[N+]=[N-])[C@@H](N=[N+]=[N-])[C@@]4(C(=O)N(Cc5ccccc5)C(=O)N4Cc4ccccc4)[C@@H]3[C@H]2CO[Si](C(C)C)(C(C)C)C(C)C)cc1. The summed E-state index contributed by atoms with van der Waals surface area (Å²) in [4.78, 5) is 54.5. The first-order valence-electron chi connectivity index (χ1n) is 19.7. The van der Waals surface area contributed by atoms with Gasteiger partial charge in [0.25, 0.3) is 15.9 Å². The summed E-state index contributed by atoms with van der Waals surface area (Å²) in [6.45, 7) is 13.4. The van der Waals surface area contributed by atoms with Crippen molar-refractivity contribution in [3.8, 4) is 0 Å². The predicted octanol–water partition coefficient (Wildman–Crippen LogP) is 8.34. The van der Waals surface area contributed by atoms with E-state index < -0.39 is 78.1 Å². The molecule has 0 radical (unpaired) electrons. The fraction of sp³-hybridized carbons (Fsp3) is 0.488. The number of benzene rings is 3. The van der Waals surface area contributed by atoms with E-state index in [0.29, 0.717) is 11.1 Å². The molecule has 0 unspecified atom stereocenters. The van der Waals surface area contributed by atoms with Crippen LogP contribution in [0.3, 0.4) is 0 Å². The third kappa shape index (κ3) is 6.84. The lowest BCUT2D eigenvalue weighted by Crippen LogP contribution is -2.63. The van der Waals surface area contributed by atoms with E-state index in [9.17, 15) is 11.1 Å². The first kappa shape index (κ1) is 42.4. The van der Waals surface area contributed by atoms with Gasteiger partial charge in [0.1, 0.15) is 5.54 Å². The van der Waals surface area contributed by atoms with Crippen LogP contribution >= 0.6 is 0 Å². The number of carbonyl (C=O) groups excluding carboxylic acids is 3. The number of hydrogen-bond acceptors (Lipinski definition) is 8. The maximum atomic E-state index is 15.7. The first-order chi connectivity index (χ1) is 27.6. The molecule has 58 heavy (non-hydrogen) atoms. The summed E-state index contributed by atoms with van der Waals surface area (Å²) >= 11 is 0. The van der Waals surface area contributed by atoms with E-state index in [1.165, 1.54) is 17.0 Å². The Kier molecular flexibility index (Phi) is 12.1. The number of nitrogens with zero attached hydrogens (tertiary/aromatic N) is 9. The molecule has 2 saturated heterocycles. The van der Waals surface area contributed by atoms with Crippen LogP contribution in [0.5, 0.6) is 0 Å². The van der Waals surface area contributed by atoms with Crippen LogP contribution in [0, 0.1) is 24.7 Å². The van der Waals surface area contributed by atoms with E-state index in [1.807, 2.05) is 19.1 Å². The van der Waals surface area contributed by atoms with Crippen LogP contribution in [0.1, 0.15) is 58.2 Å². The molecule has 2 aliphatic heterocycles. The lowest BCUT2D eigenvalue weighted by molar-refractivity contribution is -0.137. The second-order valence-corrected chi connectivity index (χ2v) is 23.8. The maximum absolute atomic E-state index is 15.7. The number of sulfonamides is 1. The number of rotatable bonds is 15. The fourth-order valence-electron chi connectivity index (χ4n) is 10.4. The molecule has 0 N–H and O–H groups in total. The van der Waals surface area contributed by atoms with Crippen LogP contribution in [0.15, 0.2) is 100 Å². The van der Waals surface area contributed by atoms with Gasteiger partial charge in [-0.05, 0) is 63.8 Å². The van der Waals surface area contributed by atoms with Crippen molar-refractivity contribution in [3.05, 3.63) is 123 Å². The highest BCUT2D eigenvalue weighted by molar-refractivity contribution is 7.89. The molecule has 0 aromatic heterocycles. The van der Waals surface area contributed by atoms with Crippen LogP contribution in [-0.4, -0.2) is 79.5 Å². The average Bonchev–Trinajstić information content (AvgIpc) is 3.71. The highest BCUT2D eigenvalue weighted by Crippen LogP contribution is 2.60. The molecule has 2 heterocycles. The second kappa shape index (κ2) is 16.6. The number of carbonyl (C=O) groups is 3. The molecule has 6 atom stereocenters. The molecule has 17 heteroatoms. The minimum atomic E-state index is -4.63. The van der Waals surface area contributed by atoms with Gasteiger partial charge in [-0.2, -0.15) is 0 Å². The van der Waals surface area contributed by atoms with Gasteiger partial charge in [-0.3, -0.25) is 14.5 Å². The zero-order valence-corrected chi connectivity index (χ0v) is 35.7. The summed E-state index contributed by atoms with van der Waals surface area (Å²) in [5.74, 6) is -5.37. The molecule has 1 saturated carbocycles. The van der Waals surface area contributed by atoms with Gasteiger partial charge in [-0.25, -0.2) is 17.5 Å². The molecule has 1 aliphatic carbocycles. The number of imide groups is 1. The molecule has 3 aromatic carbocycles. The fourth-order valence-corrected chi connectivity index (χ4v) is 17.5. The number of azide groups is 2. The molecular weight excluding hydrogens is 775 g/mol. The van der Waals surface area contributed by atoms with Crippen LogP contribution in [-0.2, 0) is 37.1 Å². The van der Waals surface area contributed by atoms with Crippen molar-refractivity contribution in [1.82, 2.24) is 14.1 Å². The van der Waals surface area contributed by atoms with Gasteiger partial charge in [0.05, 0.1) is 36.0 Å². The quantitative estimate of drug-likeness (QED) is 0.0484. The van der Waals surface area contributed by atoms with Crippen LogP contribution in [0.25, 0.3) is 20.9 Å². The Labute approximate surface area is 340 Å². The summed E-state index contributed by atoms with van der Waals surface area (Å²) in [6.07, 6.45) is 0. The van der Waals surface area contributed by atoms with Gasteiger partial charge in [0, 0.05) is 28.8 Å². The first-order valence-corrected chi connectivity index (χ1v) is 23.2. The lowest BCUT2D eigenvalue weighted by Gasteiger charge is -2.46. The van der Waals surface area contributed by atoms with Crippen LogP contribution < -0.4 is 0 Å². The average molecular weight is 826 g/mol. The number of hydrogen-bond donors (Lipinski definition) is 0. The third-order valence-corrected chi connectivity index (χ3v) is 20.5. The highest BCUT2D eigenvalue weighted by Gasteiger charge is 2.78. The topological polar surface area (TPSA) is 202 Å². The molecule has 4 amide bonds. The number of aryl methyl sites for hydroxylation is 1. The molecule has 3 aliphatic rings. The van der Waals surface area contributed by atoms with E-state index in [2.05, 4.69) is 61.6 Å². The monoisotopic (exact) mass is 825 g/mol. The molecule has 15 nitrogen and oxygen atoms in total. The van der Waals surface area contributed by atoms with E-state index in [4.69, 9.17) is 4.43 Å². The van der Waals surface area contributed by atoms with Gasteiger partial charge < -0.3 is 9.33 Å². The number of urea groups is 1. The van der Waals surface area contributed by atoms with Gasteiger partial charge in [-0.1, -0.05) is 130 Å². The zero-order chi connectivity index (χ0) is 42.2. The lowest BCUT2D eigenvalue weighted by atomic mass is 9.77. The van der Waals surface area contributed by atoms with Gasteiger partial charge in [0.15, 0.2) is 8.32 Å². The minimum Gasteiger partial charge on any atom is -0.414 e. The summed E-state index contributed by atoms with van der Waals surface area (Å²) in [5.41, 5.74) is 20.0. The second-order valence-electron chi connectivity index (χ2n) is 16.5. The Morgan fingerprint density at radius 2 is 1.36 bits per heavy atom. The Balaban J connectivity index is 1.66. The Bertz CT molecular complexity index is 2210. The maximum Gasteiger partial charge on any atom is 0.328 e. The van der Waals surface area contributed by atoms with E-state index in [1.54, 1.807) is 60.7 Å². The van der Waals surface area contributed by atoms with Crippen molar-refractivity contribution in [2.24, 2.45) is 28.0 Å². The Morgan fingerprint density at radius 3 is 1.88 bits per heavy atom. The van der Waals surface area contributed by atoms with Crippen molar-refractivity contribution >= 4 is 36.2 Å². The number of fused-ring (bicyclic) bond motifs is 2. The van der Waals surface area contributed by atoms with Crippen molar-refractivity contribution in [2.75, 3.05) is 13.2 Å². The van der Waals surface area contributed by atoms with Crippen molar-refractivity contribution in [3.63, 3.8) is 0 Å². The molecule has 3 aromatic rings. The normalized spacial score (nSPS) is 24.6. The third-order valence-electron chi connectivity index (χ3n) is 12.6. The summed E-state index contributed by atoms with van der Waals surface area (Å²) in [7, 11) is -7.42. The van der Waals surface area contributed by atoms with E-state index in [0.717, 1.165) is 14.8 Å². The minimum absolute atomic E-state index is 0.0689. The molecule has 6 rings (SSSR count). The van der Waals surface area contributed by atoms with Gasteiger partial charge >= 0.3 is 6.03 Å². The van der Waals surface area contributed by atoms with Gasteiger partial charge in [-0.15, -0.1) is 0 Å². The number of amides is 4. The van der Waals surface area contributed by atoms with Gasteiger partial charge in [0.2, 0.25) is 5.91 Å². The summed E-state index contributed by atoms with van der Waals surface area (Å²) in [5, 5.41) is 8.05. The van der Waals surface area contributed by atoms with Crippen molar-refractivity contribution in [1.29, 1.82) is 0 Å². The molecule has 0 bridgehead atoms. The van der Waals surface area contributed by atoms with Crippen molar-refractivity contribution < 1.29 is 27.2 Å². The van der Waals surface area contributed by atoms with E-state index >= 15 is 22.8 Å². The standard InChI is InChI=1S/C41H51N9O6SSi/c1-26(2)58(27(3)4,28(5)6)56-25-34-36-35(38(51)50(34)57(54,55)32-20-18-29(7)19-21-32)33(22-44-46-42)37(45-47-43)41(36)39(52)48(23-30-14-10-8-11-15-30)40(53)49(41)24-31-16-12-9-13-17-31/h8-21,26-28,33-37H,22-25H2,1-7H3/t33-,34+,35+,36+,37+,41+/m0/s1. The smallest absolute Gasteiger partial charge is 0.328 e. The molecular formula is C41H51N9O6SSi. The largest absolute Gasteiger partial charge is 0.414 e. The van der Waals surface area contributed by atoms with Crippen LogP contribution in [0.4, 0.5) is 4.79 Å². The zero-order valence-electron chi connectivity index (χ0n) is 33.9.